The van der Waals surface area contributed by atoms with Gasteiger partial charge in [-0.15, -0.1) is 5.10 Å². The van der Waals surface area contributed by atoms with E-state index in [9.17, 15) is 4.79 Å². The number of aryl methyl sites for hydroxylation is 2. The predicted molar refractivity (Wildman–Crippen MR) is 96.1 cm³/mol. The van der Waals surface area contributed by atoms with Crippen LogP contribution < -0.4 is 5.32 Å². The molecule has 0 bridgehead atoms. The zero-order valence-electron chi connectivity index (χ0n) is 12.9. The number of rotatable bonds is 4. The van der Waals surface area contributed by atoms with Crippen LogP contribution in [0.4, 0.5) is 5.69 Å². The molecule has 0 unspecified atom stereocenters. The van der Waals surface area contributed by atoms with Crippen molar-refractivity contribution in [3.8, 4) is 0 Å². The number of amides is 1. The lowest BCUT2D eigenvalue weighted by molar-refractivity contribution is -0.113. The summed E-state index contributed by atoms with van der Waals surface area (Å²) in [5.41, 5.74) is 2.33. The highest BCUT2D eigenvalue weighted by Crippen LogP contribution is 2.25. The van der Waals surface area contributed by atoms with Crippen molar-refractivity contribution in [2.45, 2.75) is 19.0 Å². The van der Waals surface area contributed by atoms with E-state index >= 15 is 0 Å². The molecule has 0 saturated carbocycles. The standard InChI is InChI=1S/C15H13Cl2N5OS/c1-8-5-9(2)22-14(18-8)20-15(21-22)24-7-13(23)19-12-4-3-10(16)6-11(12)17/h3-6H,7H2,1-2H3,(H,19,23). The topological polar surface area (TPSA) is 72.2 Å². The van der Waals surface area contributed by atoms with Crippen LogP contribution in [-0.2, 0) is 4.79 Å². The molecule has 9 heteroatoms. The van der Waals surface area contributed by atoms with Gasteiger partial charge in [0.25, 0.3) is 5.78 Å². The minimum absolute atomic E-state index is 0.161. The van der Waals surface area contributed by atoms with Crippen LogP contribution in [0.2, 0.25) is 10.0 Å². The molecule has 0 saturated heterocycles. The molecule has 0 aliphatic heterocycles. The van der Waals surface area contributed by atoms with Gasteiger partial charge in [0.05, 0.1) is 16.5 Å². The van der Waals surface area contributed by atoms with E-state index in [1.165, 1.54) is 11.8 Å². The van der Waals surface area contributed by atoms with Gasteiger partial charge < -0.3 is 5.32 Å². The van der Waals surface area contributed by atoms with E-state index in [1.54, 1.807) is 22.7 Å². The number of hydrogen-bond acceptors (Lipinski definition) is 5. The van der Waals surface area contributed by atoms with Gasteiger partial charge in [0.15, 0.2) is 0 Å². The molecule has 0 aliphatic rings. The summed E-state index contributed by atoms with van der Waals surface area (Å²) in [6.07, 6.45) is 0. The quantitative estimate of drug-likeness (QED) is 0.696. The summed E-state index contributed by atoms with van der Waals surface area (Å²) in [6, 6.07) is 6.82. The van der Waals surface area contributed by atoms with Crippen molar-refractivity contribution in [1.82, 2.24) is 19.6 Å². The Bertz CT molecular complexity index is 928. The molecule has 0 radical (unpaired) electrons. The molecule has 1 aromatic carbocycles. The number of carbonyl (C=O) groups excluding carboxylic acids is 1. The molecule has 6 nitrogen and oxygen atoms in total. The van der Waals surface area contributed by atoms with E-state index in [0.29, 0.717) is 26.7 Å². The third kappa shape index (κ3) is 3.80. The zero-order valence-corrected chi connectivity index (χ0v) is 15.2. The van der Waals surface area contributed by atoms with Gasteiger partial charge in [0, 0.05) is 16.4 Å². The number of halogens is 2. The maximum Gasteiger partial charge on any atom is 0.253 e. The molecule has 2 aromatic heterocycles. The number of aromatic nitrogens is 4. The zero-order chi connectivity index (χ0) is 17.3. The highest BCUT2D eigenvalue weighted by atomic mass is 35.5. The highest BCUT2D eigenvalue weighted by molar-refractivity contribution is 7.99. The number of fused-ring (bicyclic) bond motifs is 1. The van der Waals surface area contributed by atoms with E-state index in [2.05, 4.69) is 20.4 Å². The number of hydrogen-bond donors (Lipinski definition) is 1. The summed E-state index contributed by atoms with van der Waals surface area (Å²) in [7, 11) is 0. The Kier molecular flexibility index (Phi) is 4.93. The van der Waals surface area contributed by atoms with Crippen molar-refractivity contribution in [2.75, 3.05) is 11.1 Å². The second-order valence-corrected chi connectivity index (χ2v) is 6.89. The van der Waals surface area contributed by atoms with E-state index in [-0.39, 0.29) is 11.7 Å². The molecule has 124 valence electrons. The van der Waals surface area contributed by atoms with Crippen LogP contribution >= 0.6 is 35.0 Å². The summed E-state index contributed by atoms with van der Waals surface area (Å²) in [5, 5.41) is 8.48. The van der Waals surface area contributed by atoms with Gasteiger partial charge in [-0.25, -0.2) is 9.50 Å². The molecule has 1 amide bonds. The first-order valence-electron chi connectivity index (χ1n) is 7.01. The van der Waals surface area contributed by atoms with Crippen LogP contribution in [-0.4, -0.2) is 31.2 Å². The van der Waals surface area contributed by atoms with Crippen LogP contribution in [0.3, 0.4) is 0 Å². The van der Waals surface area contributed by atoms with Crippen LogP contribution in [0.1, 0.15) is 11.4 Å². The van der Waals surface area contributed by atoms with Gasteiger partial charge in [0.1, 0.15) is 0 Å². The molecule has 0 fully saturated rings. The fraction of sp³-hybridized carbons (Fsp3) is 0.200. The third-order valence-electron chi connectivity index (χ3n) is 3.14. The summed E-state index contributed by atoms with van der Waals surface area (Å²) in [6.45, 7) is 3.83. The molecule has 0 atom stereocenters. The van der Waals surface area contributed by atoms with Crippen molar-refractivity contribution in [3.05, 3.63) is 45.7 Å². The monoisotopic (exact) mass is 381 g/mol. The fourth-order valence-electron chi connectivity index (χ4n) is 2.12. The number of carbonyl (C=O) groups is 1. The van der Waals surface area contributed by atoms with Crippen molar-refractivity contribution < 1.29 is 4.79 Å². The Morgan fingerprint density at radius 1 is 1.25 bits per heavy atom. The van der Waals surface area contributed by atoms with E-state index in [0.717, 1.165) is 11.4 Å². The first-order valence-corrected chi connectivity index (χ1v) is 8.75. The molecule has 2 heterocycles. The smallest absolute Gasteiger partial charge is 0.253 e. The lowest BCUT2D eigenvalue weighted by Gasteiger charge is -2.06. The van der Waals surface area contributed by atoms with Gasteiger partial charge in [-0.3, -0.25) is 4.79 Å². The van der Waals surface area contributed by atoms with E-state index < -0.39 is 0 Å². The van der Waals surface area contributed by atoms with Gasteiger partial charge in [0.2, 0.25) is 11.1 Å². The number of benzene rings is 1. The average molecular weight is 382 g/mol. The Hall–Kier alpha value is -1.83. The van der Waals surface area contributed by atoms with E-state index in [1.807, 2.05) is 19.9 Å². The van der Waals surface area contributed by atoms with Gasteiger partial charge in [-0.2, -0.15) is 4.98 Å². The van der Waals surface area contributed by atoms with Crippen molar-refractivity contribution in [3.63, 3.8) is 0 Å². The van der Waals surface area contributed by atoms with Crippen LogP contribution in [0.15, 0.2) is 29.4 Å². The number of nitrogens with zero attached hydrogens (tertiary/aromatic N) is 4. The van der Waals surface area contributed by atoms with E-state index in [4.69, 9.17) is 23.2 Å². The summed E-state index contributed by atoms with van der Waals surface area (Å²) >= 11 is 13.1. The molecule has 3 aromatic rings. The minimum Gasteiger partial charge on any atom is -0.324 e. The molecule has 1 N–H and O–H groups in total. The molecular weight excluding hydrogens is 369 g/mol. The lowest BCUT2D eigenvalue weighted by Crippen LogP contribution is -2.14. The molecule has 24 heavy (non-hydrogen) atoms. The van der Waals surface area contributed by atoms with Gasteiger partial charge in [-0.05, 0) is 38.1 Å². The Labute approximate surface area is 152 Å². The fourth-order valence-corrected chi connectivity index (χ4v) is 3.19. The summed E-state index contributed by atoms with van der Waals surface area (Å²) in [4.78, 5) is 20.7. The Morgan fingerprint density at radius 2 is 2.04 bits per heavy atom. The van der Waals surface area contributed by atoms with Crippen LogP contribution in [0.25, 0.3) is 5.78 Å². The first kappa shape index (κ1) is 17.0. The minimum atomic E-state index is -0.205. The largest absolute Gasteiger partial charge is 0.324 e. The number of thioether (sulfide) groups is 1. The normalized spacial score (nSPS) is 11.0. The number of nitrogens with one attached hydrogen (secondary N) is 1. The lowest BCUT2D eigenvalue weighted by atomic mass is 10.3. The van der Waals surface area contributed by atoms with Crippen molar-refractivity contribution in [1.29, 1.82) is 0 Å². The van der Waals surface area contributed by atoms with Gasteiger partial charge in [-0.1, -0.05) is 35.0 Å². The average Bonchev–Trinajstić information content (AvgIpc) is 2.91. The number of anilines is 1. The third-order valence-corrected chi connectivity index (χ3v) is 4.52. The summed E-state index contributed by atoms with van der Waals surface area (Å²) < 4.78 is 1.66. The van der Waals surface area contributed by atoms with Gasteiger partial charge >= 0.3 is 0 Å². The maximum absolute atomic E-state index is 12.1. The molecule has 0 spiro atoms. The molecule has 3 rings (SSSR count). The first-order chi connectivity index (χ1) is 11.4. The van der Waals surface area contributed by atoms with Crippen molar-refractivity contribution >= 4 is 52.3 Å². The SMILES string of the molecule is Cc1cc(C)n2nc(SCC(=O)Nc3ccc(Cl)cc3Cl)nc2n1. The molecular formula is C15H13Cl2N5OS. The van der Waals surface area contributed by atoms with Crippen molar-refractivity contribution in [2.24, 2.45) is 0 Å². The highest BCUT2D eigenvalue weighted by Gasteiger charge is 2.11. The van der Waals surface area contributed by atoms with Crippen LogP contribution in [0.5, 0.6) is 0 Å². The van der Waals surface area contributed by atoms with Crippen LogP contribution in [0, 0.1) is 13.8 Å². The maximum atomic E-state index is 12.1. The predicted octanol–water partition coefficient (Wildman–Crippen LogP) is 3.78. The Balaban J connectivity index is 1.67. The Morgan fingerprint density at radius 3 is 2.79 bits per heavy atom. The second-order valence-electron chi connectivity index (χ2n) is 5.11. The summed E-state index contributed by atoms with van der Waals surface area (Å²) in [5.74, 6) is 0.480. The second kappa shape index (κ2) is 6.96. The molecule has 0 aliphatic carbocycles.